The molecule has 34 heavy (non-hydrogen) atoms. The SMILES string of the molecule is COc1ccc(-c2ccc(N3CCN(C(=O)c4ccccc4C(F)(F)F)CC3)nn2)cc1OC. The van der Waals surface area contributed by atoms with E-state index in [1.54, 1.807) is 20.3 Å². The second kappa shape index (κ2) is 9.58. The normalized spacial score (nSPS) is 14.1. The molecule has 1 saturated heterocycles. The number of ether oxygens (including phenoxy) is 2. The van der Waals surface area contributed by atoms with Crippen molar-refractivity contribution in [2.45, 2.75) is 6.18 Å². The van der Waals surface area contributed by atoms with Crippen LogP contribution in [0.3, 0.4) is 0 Å². The first-order valence-electron chi connectivity index (χ1n) is 10.6. The summed E-state index contributed by atoms with van der Waals surface area (Å²) in [6.45, 7) is 1.43. The second-order valence-corrected chi connectivity index (χ2v) is 7.67. The predicted octanol–water partition coefficient (Wildman–Crippen LogP) is 4.14. The van der Waals surface area contributed by atoms with Gasteiger partial charge in [-0.25, -0.2) is 0 Å². The molecule has 1 aliphatic rings. The molecule has 1 amide bonds. The van der Waals surface area contributed by atoms with Crippen LogP contribution in [-0.2, 0) is 6.18 Å². The average Bonchev–Trinajstić information content (AvgIpc) is 2.87. The molecule has 4 rings (SSSR count). The molecule has 0 bridgehead atoms. The number of alkyl halides is 3. The van der Waals surface area contributed by atoms with Crippen LogP contribution < -0.4 is 14.4 Å². The zero-order valence-corrected chi connectivity index (χ0v) is 18.7. The molecule has 0 saturated carbocycles. The molecule has 10 heteroatoms. The number of carbonyl (C=O) groups excluding carboxylic acids is 1. The third-order valence-electron chi connectivity index (χ3n) is 5.68. The van der Waals surface area contributed by atoms with Gasteiger partial charge in [0, 0.05) is 31.7 Å². The van der Waals surface area contributed by atoms with Crippen LogP contribution in [0.2, 0.25) is 0 Å². The Hall–Kier alpha value is -3.82. The molecule has 0 atom stereocenters. The first kappa shape index (κ1) is 23.3. The van der Waals surface area contributed by atoms with E-state index in [9.17, 15) is 18.0 Å². The predicted molar refractivity (Wildman–Crippen MR) is 120 cm³/mol. The van der Waals surface area contributed by atoms with Crippen molar-refractivity contribution in [2.24, 2.45) is 0 Å². The van der Waals surface area contributed by atoms with Gasteiger partial charge in [-0.2, -0.15) is 13.2 Å². The summed E-state index contributed by atoms with van der Waals surface area (Å²) in [5.74, 6) is 1.20. The van der Waals surface area contributed by atoms with Crippen LogP contribution in [0, 0.1) is 0 Å². The molecule has 0 spiro atoms. The fourth-order valence-electron chi connectivity index (χ4n) is 3.87. The number of hydrogen-bond donors (Lipinski definition) is 0. The third kappa shape index (κ3) is 4.75. The van der Waals surface area contributed by atoms with E-state index in [1.165, 1.54) is 23.1 Å². The maximum atomic E-state index is 13.3. The van der Waals surface area contributed by atoms with E-state index < -0.39 is 17.6 Å². The van der Waals surface area contributed by atoms with E-state index in [0.717, 1.165) is 11.6 Å². The summed E-state index contributed by atoms with van der Waals surface area (Å²) in [6.07, 6.45) is -4.58. The van der Waals surface area contributed by atoms with Crippen LogP contribution in [-0.4, -0.2) is 61.4 Å². The molecule has 0 N–H and O–H groups in total. The Morgan fingerprint density at radius 3 is 2.21 bits per heavy atom. The van der Waals surface area contributed by atoms with Crippen LogP contribution in [0.5, 0.6) is 11.5 Å². The van der Waals surface area contributed by atoms with E-state index >= 15 is 0 Å². The van der Waals surface area contributed by atoms with Gasteiger partial charge in [-0.1, -0.05) is 12.1 Å². The Morgan fingerprint density at radius 2 is 1.59 bits per heavy atom. The van der Waals surface area contributed by atoms with Crippen molar-refractivity contribution in [1.29, 1.82) is 0 Å². The lowest BCUT2D eigenvalue weighted by molar-refractivity contribution is -0.138. The van der Waals surface area contributed by atoms with Crippen LogP contribution in [0.4, 0.5) is 19.0 Å². The summed E-state index contributed by atoms with van der Waals surface area (Å²) in [4.78, 5) is 16.2. The van der Waals surface area contributed by atoms with Crippen molar-refractivity contribution in [3.63, 3.8) is 0 Å². The third-order valence-corrected chi connectivity index (χ3v) is 5.68. The van der Waals surface area contributed by atoms with E-state index in [2.05, 4.69) is 10.2 Å². The Labute approximate surface area is 194 Å². The van der Waals surface area contributed by atoms with Crippen molar-refractivity contribution in [2.75, 3.05) is 45.3 Å². The molecule has 2 aromatic carbocycles. The summed E-state index contributed by atoms with van der Waals surface area (Å²) in [6, 6.07) is 14.0. The fourth-order valence-corrected chi connectivity index (χ4v) is 3.87. The molecule has 0 radical (unpaired) electrons. The summed E-state index contributed by atoms with van der Waals surface area (Å²) in [5, 5.41) is 8.60. The molecule has 2 heterocycles. The zero-order valence-electron chi connectivity index (χ0n) is 18.7. The van der Waals surface area contributed by atoms with Gasteiger partial charge >= 0.3 is 6.18 Å². The van der Waals surface area contributed by atoms with Gasteiger partial charge < -0.3 is 19.3 Å². The van der Waals surface area contributed by atoms with Gasteiger partial charge in [0.25, 0.3) is 5.91 Å². The van der Waals surface area contributed by atoms with E-state index in [-0.39, 0.29) is 18.7 Å². The number of benzene rings is 2. The van der Waals surface area contributed by atoms with E-state index in [4.69, 9.17) is 9.47 Å². The number of halogens is 3. The van der Waals surface area contributed by atoms with Gasteiger partial charge in [0.2, 0.25) is 0 Å². The standard InChI is InChI=1S/C24H23F3N4O3/c1-33-20-9-7-16(15-21(20)34-2)19-8-10-22(29-28-19)30-11-13-31(14-12-30)23(32)17-5-3-4-6-18(17)24(25,26)27/h3-10,15H,11-14H2,1-2H3. The fraction of sp³-hybridized carbons (Fsp3) is 0.292. The summed E-state index contributed by atoms with van der Waals surface area (Å²) >= 11 is 0. The number of aromatic nitrogens is 2. The Kier molecular flexibility index (Phi) is 6.58. The number of carbonyl (C=O) groups is 1. The molecule has 1 aromatic heterocycles. The summed E-state index contributed by atoms with van der Waals surface area (Å²) in [7, 11) is 3.12. The van der Waals surface area contributed by atoms with Crippen molar-refractivity contribution in [1.82, 2.24) is 15.1 Å². The number of anilines is 1. The van der Waals surface area contributed by atoms with Crippen molar-refractivity contribution >= 4 is 11.7 Å². The van der Waals surface area contributed by atoms with Crippen LogP contribution in [0.25, 0.3) is 11.3 Å². The highest BCUT2D eigenvalue weighted by Gasteiger charge is 2.36. The number of nitrogens with zero attached hydrogens (tertiary/aromatic N) is 4. The van der Waals surface area contributed by atoms with Crippen molar-refractivity contribution in [3.05, 3.63) is 65.7 Å². The zero-order chi connectivity index (χ0) is 24.3. The van der Waals surface area contributed by atoms with Crippen LogP contribution in [0.15, 0.2) is 54.6 Å². The largest absolute Gasteiger partial charge is 0.493 e. The molecule has 7 nitrogen and oxygen atoms in total. The lowest BCUT2D eigenvalue weighted by atomic mass is 10.1. The van der Waals surface area contributed by atoms with E-state index in [0.29, 0.717) is 36.1 Å². The quantitative estimate of drug-likeness (QED) is 0.556. The first-order valence-corrected chi connectivity index (χ1v) is 10.6. The molecule has 0 aliphatic carbocycles. The Balaban J connectivity index is 1.43. The maximum absolute atomic E-state index is 13.3. The minimum absolute atomic E-state index is 0.282. The number of amides is 1. The Bertz CT molecular complexity index is 1160. The molecule has 3 aromatic rings. The summed E-state index contributed by atoms with van der Waals surface area (Å²) in [5.41, 5.74) is 0.222. The number of hydrogen-bond acceptors (Lipinski definition) is 6. The average molecular weight is 472 g/mol. The van der Waals surface area contributed by atoms with Crippen LogP contribution >= 0.6 is 0 Å². The van der Waals surface area contributed by atoms with Gasteiger partial charge in [0.1, 0.15) is 0 Å². The van der Waals surface area contributed by atoms with Gasteiger partial charge in [-0.3, -0.25) is 4.79 Å². The lowest BCUT2D eigenvalue weighted by Gasteiger charge is -2.35. The van der Waals surface area contributed by atoms with Gasteiger partial charge in [-0.05, 0) is 42.5 Å². The molecule has 1 fully saturated rings. The van der Waals surface area contributed by atoms with Crippen LogP contribution in [0.1, 0.15) is 15.9 Å². The molecule has 178 valence electrons. The van der Waals surface area contributed by atoms with Crippen molar-refractivity contribution in [3.8, 4) is 22.8 Å². The number of methoxy groups -OCH3 is 2. The van der Waals surface area contributed by atoms with Gasteiger partial charge in [0.05, 0.1) is 31.0 Å². The minimum Gasteiger partial charge on any atom is -0.493 e. The molecular weight excluding hydrogens is 449 g/mol. The molecular formula is C24H23F3N4O3. The first-order chi connectivity index (χ1) is 16.3. The summed E-state index contributed by atoms with van der Waals surface area (Å²) < 4.78 is 50.4. The Morgan fingerprint density at radius 1 is 0.882 bits per heavy atom. The highest BCUT2D eigenvalue weighted by Crippen LogP contribution is 2.33. The minimum atomic E-state index is -4.58. The topological polar surface area (TPSA) is 67.8 Å². The number of piperazine rings is 1. The van der Waals surface area contributed by atoms with Crippen molar-refractivity contribution < 1.29 is 27.4 Å². The lowest BCUT2D eigenvalue weighted by Crippen LogP contribution is -2.49. The molecule has 1 aliphatic heterocycles. The smallest absolute Gasteiger partial charge is 0.417 e. The maximum Gasteiger partial charge on any atom is 0.417 e. The van der Waals surface area contributed by atoms with Gasteiger partial charge in [0.15, 0.2) is 17.3 Å². The highest BCUT2D eigenvalue weighted by molar-refractivity contribution is 5.96. The highest BCUT2D eigenvalue weighted by atomic mass is 19.4. The van der Waals surface area contributed by atoms with Gasteiger partial charge in [-0.15, -0.1) is 10.2 Å². The second-order valence-electron chi connectivity index (χ2n) is 7.67. The van der Waals surface area contributed by atoms with E-state index in [1.807, 2.05) is 29.2 Å². The number of rotatable bonds is 5. The molecule has 0 unspecified atom stereocenters. The monoisotopic (exact) mass is 472 g/mol.